The minimum Gasteiger partial charge on any atom is -0.481 e. The van der Waals surface area contributed by atoms with Gasteiger partial charge in [-0.15, -0.1) is 0 Å². The lowest BCUT2D eigenvalue weighted by atomic mass is 9.75. The Morgan fingerprint density at radius 1 is 1.48 bits per heavy atom. The van der Waals surface area contributed by atoms with Crippen LogP contribution < -0.4 is 9.64 Å². The van der Waals surface area contributed by atoms with Gasteiger partial charge in [0.05, 0.1) is 12.5 Å². The Hall–Kier alpha value is -1.89. The molecule has 126 valence electrons. The molecule has 1 N–H and O–H groups in total. The van der Waals surface area contributed by atoms with E-state index in [4.69, 9.17) is 4.74 Å². The molecule has 0 unspecified atom stereocenters. The summed E-state index contributed by atoms with van der Waals surface area (Å²) in [6.45, 7) is 6.01. The van der Waals surface area contributed by atoms with E-state index in [2.05, 4.69) is 26.7 Å². The fourth-order valence-corrected chi connectivity index (χ4v) is 3.95. The van der Waals surface area contributed by atoms with E-state index in [0.717, 1.165) is 38.3 Å². The molecule has 7 nitrogen and oxygen atoms in total. The van der Waals surface area contributed by atoms with E-state index < -0.39 is 11.4 Å². The van der Waals surface area contributed by atoms with Gasteiger partial charge in [-0.3, -0.25) is 4.79 Å². The molecule has 23 heavy (non-hydrogen) atoms. The second-order valence-electron chi connectivity index (χ2n) is 6.45. The highest BCUT2D eigenvalue weighted by atomic mass is 16.5. The zero-order valence-corrected chi connectivity index (χ0v) is 13.7. The topological polar surface area (TPSA) is 78.8 Å². The highest BCUT2D eigenvalue weighted by Gasteiger charge is 2.53. The first-order valence-electron chi connectivity index (χ1n) is 8.16. The summed E-state index contributed by atoms with van der Waals surface area (Å²) in [5.74, 6) is 0.808. The molecule has 7 heteroatoms. The lowest BCUT2D eigenvalue weighted by Gasteiger charge is -2.30. The molecule has 0 spiro atoms. The van der Waals surface area contributed by atoms with Gasteiger partial charge in [0, 0.05) is 38.2 Å². The van der Waals surface area contributed by atoms with Crippen molar-refractivity contribution in [2.75, 3.05) is 44.7 Å². The van der Waals surface area contributed by atoms with Gasteiger partial charge in [-0.05, 0) is 19.4 Å². The maximum absolute atomic E-state index is 12.0. The van der Waals surface area contributed by atoms with E-state index in [1.54, 1.807) is 7.11 Å². The number of fused-ring (bicyclic) bond motifs is 1. The molecule has 3 rings (SSSR count). The number of hydrogen-bond acceptors (Lipinski definition) is 6. The van der Waals surface area contributed by atoms with Crippen molar-refractivity contribution in [2.45, 2.75) is 19.8 Å². The van der Waals surface area contributed by atoms with Crippen LogP contribution >= 0.6 is 0 Å². The van der Waals surface area contributed by atoms with Crippen molar-refractivity contribution < 1.29 is 14.6 Å². The highest BCUT2D eigenvalue weighted by Crippen LogP contribution is 2.43. The van der Waals surface area contributed by atoms with Crippen molar-refractivity contribution in [2.24, 2.45) is 11.3 Å². The van der Waals surface area contributed by atoms with Crippen LogP contribution in [0, 0.1) is 11.3 Å². The zero-order chi connectivity index (χ0) is 16.4. The summed E-state index contributed by atoms with van der Waals surface area (Å²) in [6, 6.07) is 1.82. The molecule has 1 aromatic rings. The number of carboxylic acid groups (broad SMARTS) is 1. The molecule has 2 saturated heterocycles. The standard InChI is InChI=1S/C16H24N4O3/c1-3-19-8-12-9-20(13-7-14(23-2)18-11-17-13)6-4-5-16(12,10-19)15(21)22/h7,11-12H,3-6,8-10H2,1-2H3,(H,21,22)/t12-,16-/m0/s1. The van der Waals surface area contributed by atoms with Gasteiger partial charge in [0.1, 0.15) is 12.1 Å². The fourth-order valence-electron chi connectivity index (χ4n) is 3.95. The van der Waals surface area contributed by atoms with Gasteiger partial charge in [-0.25, -0.2) is 9.97 Å². The molecule has 0 saturated carbocycles. The van der Waals surface area contributed by atoms with Crippen LogP contribution in [0.4, 0.5) is 5.82 Å². The SMILES string of the molecule is CCN1C[C@H]2CN(c3cc(OC)ncn3)CCC[C@]2(C(=O)O)C1. The highest BCUT2D eigenvalue weighted by molar-refractivity contribution is 5.76. The third-order valence-electron chi connectivity index (χ3n) is 5.29. The first-order chi connectivity index (χ1) is 11.1. The zero-order valence-electron chi connectivity index (χ0n) is 13.7. The lowest BCUT2D eigenvalue weighted by molar-refractivity contribution is -0.150. The van der Waals surface area contributed by atoms with E-state index in [1.807, 2.05) is 6.07 Å². The molecule has 2 fully saturated rings. The van der Waals surface area contributed by atoms with Gasteiger partial charge in [0.2, 0.25) is 5.88 Å². The molecule has 0 aliphatic carbocycles. The summed E-state index contributed by atoms with van der Waals surface area (Å²) in [7, 11) is 1.58. The normalized spacial score (nSPS) is 28.3. The maximum atomic E-state index is 12.0. The predicted molar refractivity (Wildman–Crippen MR) is 85.7 cm³/mol. The van der Waals surface area contributed by atoms with Gasteiger partial charge in [-0.2, -0.15) is 0 Å². The average molecular weight is 320 g/mol. The Bertz CT molecular complexity index is 582. The van der Waals surface area contributed by atoms with Gasteiger partial charge in [0.25, 0.3) is 0 Å². The van der Waals surface area contributed by atoms with Crippen LogP contribution in [-0.4, -0.2) is 65.8 Å². The number of carbonyl (C=O) groups is 1. The Morgan fingerprint density at radius 3 is 3.00 bits per heavy atom. The van der Waals surface area contributed by atoms with Crippen molar-refractivity contribution >= 4 is 11.8 Å². The number of nitrogens with zero attached hydrogens (tertiary/aromatic N) is 4. The van der Waals surface area contributed by atoms with Crippen LogP contribution in [0.25, 0.3) is 0 Å². The van der Waals surface area contributed by atoms with Crippen molar-refractivity contribution in [1.82, 2.24) is 14.9 Å². The maximum Gasteiger partial charge on any atom is 0.311 e. The summed E-state index contributed by atoms with van der Waals surface area (Å²) in [6.07, 6.45) is 3.07. The number of methoxy groups -OCH3 is 1. The number of aliphatic carboxylic acids is 1. The number of carboxylic acids is 1. The molecular weight excluding hydrogens is 296 g/mol. The summed E-state index contributed by atoms with van der Waals surface area (Å²) >= 11 is 0. The van der Waals surface area contributed by atoms with E-state index in [0.29, 0.717) is 19.0 Å². The molecule has 2 aliphatic heterocycles. The first kappa shape index (κ1) is 16.0. The quantitative estimate of drug-likeness (QED) is 0.890. The molecule has 0 bridgehead atoms. The minimum atomic E-state index is -0.652. The third-order valence-corrected chi connectivity index (χ3v) is 5.29. The van der Waals surface area contributed by atoms with Gasteiger partial charge in [0.15, 0.2) is 0 Å². The number of ether oxygens (including phenoxy) is 1. The second kappa shape index (κ2) is 6.31. The van der Waals surface area contributed by atoms with Crippen LogP contribution in [0.3, 0.4) is 0 Å². The van der Waals surface area contributed by atoms with Crippen LogP contribution in [-0.2, 0) is 4.79 Å². The molecule has 1 aromatic heterocycles. The number of likely N-dealkylation sites (tertiary alicyclic amines) is 1. The molecule has 2 atom stereocenters. The predicted octanol–water partition coefficient (Wildman–Crippen LogP) is 1.11. The summed E-state index contributed by atoms with van der Waals surface area (Å²) in [5, 5.41) is 9.89. The van der Waals surface area contributed by atoms with E-state index in [9.17, 15) is 9.90 Å². The van der Waals surface area contributed by atoms with Gasteiger partial charge in [-0.1, -0.05) is 6.92 Å². The van der Waals surface area contributed by atoms with Crippen LogP contribution in [0.1, 0.15) is 19.8 Å². The van der Waals surface area contributed by atoms with Crippen molar-refractivity contribution in [3.63, 3.8) is 0 Å². The number of aromatic nitrogens is 2. The molecule has 3 heterocycles. The third kappa shape index (κ3) is 2.85. The minimum absolute atomic E-state index is 0.114. The first-order valence-corrected chi connectivity index (χ1v) is 8.16. The lowest BCUT2D eigenvalue weighted by Crippen LogP contribution is -2.41. The van der Waals surface area contributed by atoms with Crippen molar-refractivity contribution in [3.8, 4) is 5.88 Å². The molecule has 0 radical (unpaired) electrons. The van der Waals surface area contributed by atoms with E-state index >= 15 is 0 Å². The Kier molecular flexibility index (Phi) is 4.39. The summed E-state index contributed by atoms with van der Waals surface area (Å²) < 4.78 is 5.18. The monoisotopic (exact) mass is 320 g/mol. The molecule has 0 aromatic carbocycles. The largest absolute Gasteiger partial charge is 0.481 e. The van der Waals surface area contributed by atoms with E-state index in [1.165, 1.54) is 6.33 Å². The Morgan fingerprint density at radius 2 is 2.30 bits per heavy atom. The smallest absolute Gasteiger partial charge is 0.311 e. The van der Waals surface area contributed by atoms with Gasteiger partial charge < -0.3 is 19.6 Å². The van der Waals surface area contributed by atoms with Crippen LogP contribution in [0.5, 0.6) is 5.88 Å². The van der Waals surface area contributed by atoms with Crippen LogP contribution in [0.2, 0.25) is 0 Å². The number of hydrogen-bond donors (Lipinski definition) is 1. The number of rotatable bonds is 4. The summed E-state index contributed by atoms with van der Waals surface area (Å²) in [4.78, 5) is 24.9. The molecule has 0 amide bonds. The summed E-state index contributed by atoms with van der Waals surface area (Å²) in [5.41, 5.74) is -0.623. The Labute approximate surface area is 136 Å². The van der Waals surface area contributed by atoms with Gasteiger partial charge >= 0.3 is 5.97 Å². The fraction of sp³-hybridized carbons (Fsp3) is 0.688. The molecule has 2 aliphatic rings. The van der Waals surface area contributed by atoms with E-state index in [-0.39, 0.29) is 5.92 Å². The average Bonchev–Trinajstić information content (AvgIpc) is 2.83. The Balaban J connectivity index is 1.86. The van der Waals surface area contributed by atoms with Crippen molar-refractivity contribution in [3.05, 3.63) is 12.4 Å². The van der Waals surface area contributed by atoms with Crippen LogP contribution in [0.15, 0.2) is 12.4 Å². The molecular formula is C16H24N4O3. The second-order valence-corrected chi connectivity index (χ2v) is 6.45. The van der Waals surface area contributed by atoms with Crippen molar-refractivity contribution in [1.29, 1.82) is 0 Å². The number of anilines is 1.